The topological polar surface area (TPSA) is 89.3 Å². The van der Waals surface area contributed by atoms with Crippen molar-refractivity contribution in [1.82, 2.24) is 4.98 Å². The quantitative estimate of drug-likeness (QED) is 0.684. The maximum atomic E-state index is 12.1. The van der Waals surface area contributed by atoms with E-state index in [0.29, 0.717) is 17.1 Å². The van der Waals surface area contributed by atoms with Crippen molar-refractivity contribution in [1.29, 1.82) is 0 Å². The highest BCUT2D eigenvalue weighted by atomic mass is 16.5. The number of hydrogen-bond acceptors (Lipinski definition) is 4. The van der Waals surface area contributed by atoms with Gasteiger partial charge in [-0.25, -0.2) is 4.79 Å². The lowest BCUT2D eigenvalue weighted by molar-refractivity contribution is 0.262. The molecule has 1 heterocycles. The molecular formula is C18H18N4O2. The van der Waals surface area contributed by atoms with E-state index >= 15 is 0 Å². The molecule has 0 fully saturated rings. The number of methoxy groups -OCH3 is 1. The number of hydrogen-bond donors (Lipinski definition) is 3. The van der Waals surface area contributed by atoms with E-state index in [-0.39, 0.29) is 6.03 Å². The lowest BCUT2D eigenvalue weighted by Gasteiger charge is -2.10. The third-order valence-electron chi connectivity index (χ3n) is 3.57. The van der Waals surface area contributed by atoms with Crippen LogP contribution >= 0.6 is 0 Å². The lowest BCUT2D eigenvalue weighted by atomic mass is 10.1. The zero-order valence-electron chi connectivity index (χ0n) is 13.5. The van der Waals surface area contributed by atoms with Crippen LogP contribution in [0.15, 0.2) is 48.5 Å². The molecule has 6 nitrogen and oxygen atoms in total. The van der Waals surface area contributed by atoms with E-state index in [1.165, 1.54) is 0 Å². The molecule has 4 N–H and O–H groups in total. The number of fused-ring (bicyclic) bond motifs is 1. The maximum Gasteiger partial charge on any atom is 0.323 e. The first-order valence-corrected chi connectivity index (χ1v) is 7.44. The highest BCUT2D eigenvalue weighted by molar-refractivity contribution is 6.02. The Morgan fingerprint density at radius 3 is 2.42 bits per heavy atom. The maximum absolute atomic E-state index is 12.1. The molecule has 122 valence electrons. The summed E-state index contributed by atoms with van der Waals surface area (Å²) < 4.78 is 5.08. The fourth-order valence-electron chi connectivity index (χ4n) is 2.44. The Labute approximate surface area is 139 Å². The fraction of sp³-hybridized carbons (Fsp3) is 0.111. The first-order chi connectivity index (χ1) is 11.5. The van der Waals surface area contributed by atoms with E-state index in [0.717, 1.165) is 22.3 Å². The van der Waals surface area contributed by atoms with Crippen molar-refractivity contribution in [2.75, 3.05) is 23.5 Å². The summed E-state index contributed by atoms with van der Waals surface area (Å²) in [4.78, 5) is 16.5. The lowest BCUT2D eigenvalue weighted by Crippen LogP contribution is -2.19. The number of benzene rings is 2. The molecule has 3 rings (SSSR count). The molecule has 24 heavy (non-hydrogen) atoms. The van der Waals surface area contributed by atoms with Gasteiger partial charge in [-0.1, -0.05) is 0 Å². The molecule has 0 bridgehead atoms. The van der Waals surface area contributed by atoms with Gasteiger partial charge in [-0.3, -0.25) is 4.98 Å². The minimum atomic E-state index is -0.335. The van der Waals surface area contributed by atoms with E-state index in [1.807, 2.05) is 25.1 Å². The molecule has 2 amide bonds. The number of nitrogens with one attached hydrogen (secondary N) is 2. The van der Waals surface area contributed by atoms with Gasteiger partial charge in [0.15, 0.2) is 0 Å². The summed E-state index contributed by atoms with van der Waals surface area (Å²) in [6.07, 6.45) is 0. The first-order valence-electron chi connectivity index (χ1n) is 7.44. The summed E-state index contributed by atoms with van der Waals surface area (Å²) in [5, 5.41) is 6.36. The molecule has 0 aliphatic heterocycles. The second-order valence-electron chi connectivity index (χ2n) is 5.39. The van der Waals surface area contributed by atoms with Crippen LogP contribution in [0.4, 0.5) is 21.9 Å². The van der Waals surface area contributed by atoms with E-state index in [9.17, 15) is 4.79 Å². The minimum absolute atomic E-state index is 0.335. The van der Waals surface area contributed by atoms with Crippen LogP contribution in [0.25, 0.3) is 10.9 Å². The predicted molar refractivity (Wildman–Crippen MR) is 96.5 cm³/mol. The van der Waals surface area contributed by atoms with Crippen LogP contribution in [0.2, 0.25) is 0 Å². The van der Waals surface area contributed by atoms with Gasteiger partial charge >= 0.3 is 6.03 Å². The number of carbonyl (C=O) groups is 1. The van der Waals surface area contributed by atoms with Gasteiger partial charge in [-0.2, -0.15) is 0 Å². The van der Waals surface area contributed by atoms with Gasteiger partial charge in [0.2, 0.25) is 0 Å². The van der Waals surface area contributed by atoms with E-state index in [1.54, 1.807) is 37.4 Å². The molecule has 6 heteroatoms. The van der Waals surface area contributed by atoms with Gasteiger partial charge in [-0.05, 0) is 55.5 Å². The van der Waals surface area contributed by atoms with Crippen LogP contribution < -0.4 is 21.1 Å². The molecule has 3 aromatic rings. The summed E-state index contributed by atoms with van der Waals surface area (Å²) >= 11 is 0. The minimum Gasteiger partial charge on any atom is -0.497 e. The highest BCUT2D eigenvalue weighted by Gasteiger charge is 2.06. The van der Waals surface area contributed by atoms with E-state index in [4.69, 9.17) is 10.5 Å². The second-order valence-corrected chi connectivity index (χ2v) is 5.39. The van der Waals surface area contributed by atoms with Crippen LogP contribution in [0.3, 0.4) is 0 Å². The number of nitrogen functional groups attached to an aromatic ring is 1. The number of amides is 2. The van der Waals surface area contributed by atoms with Crippen LogP contribution in [0, 0.1) is 6.92 Å². The Bertz CT molecular complexity index is 891. The molecule has 0 saturated carbocycles. The Balaban J connectivity index is 1.75. The number of urea groups is 1. The second kappa shape index (κ2) is 6.45. The molecule has 0 saturated heterocycles. The Morgan fingerprint density at radius 1 is 1.04 bits per heavy atom. The Morgan fingerprint density at radius 2 is 1.71 bits per heavy atom. The molecule has 0 aliphatic rings. The van der Waals surface area contributed by atoms with Crippen molar-refractivity contribution < 1.29 is 9.53 Å². The number of nitrogens with two attached hydrogens (primary N) is 1. The number of aromatic nitrogens is 1. The highest BCUT2D eigenvalue weighted by Crippen LogP contribution is 2.24. The third kappa shape index (κ3) is 3.38. The number of aryl methyl sites for hydroxylation is 1. The fourth-order valence-corrected chi connectivity index (χ4v) is 2.44. The molecule has 0 atom stereocenters. The van der Waals surface area contributed by atoms with E-state index < -0.39 is 0 Å². The van der Waals surface area contributed by atoms with Crippen LogP contribution in [0.1, 0.15) is 5.69 Å². The van der Waals surface area contributed by atoms with Crippen molar-refractivity contribution in [2.45, 2.75) is 6.92 Å². The summed E-state index contributed by atoms with van der Waals surface area (Å²) in [7, 11) is 1.59. The van der Waals surface area contributed by atoms with Crippen molar-refractivity contribution >= 4 is 34.0 Å². The number of carbonyl (C=O) groups excluding carboxylic acids is 1. The number of ether oxygens (including phenoxy) is 1. The number of pyridine rings is 1. The molecule has 0 unspecified atom stereocenters. The molecular weight excluding hydrogens is 304 g/mol. The van der Waals surface area contributed by atoms with Crippen molar-refractivity contribution in [2.24, 2.45) is 0 Å². The zero-order chi connectivity index (χ0) is 17.1. The molecule has 1 aromatic heterocycles. The monoisotopic (exact) mass is 322 g/mol. The SMILES string of the molecule is COc1ccc(NC(=O)Nc2ccc3nc(C)cc(N)c3c2)cc1. The van der Waals surface area contributed by atoms with Gasteiger partial charge in [-0.15, -0.1) is 0 Å². The first kappa shape index (κ1) is 15.6. The summed E-state index contributed by atoms with van der Waals surface area (Å²) in [5.41, 5.74) is 9.64. The van der Waals surface area contributed by atoms with Gasteiger partial charge in [0.05, 0.1) is 12.6 Å². The molecule has 2 aromatic carbocycles. The van der Waals surface area contributed by atoms with Crippen LogP contribution in [-0.2, 0) is 0 Å². The number of rotatable bonds is 3. The van der Waals surface area contributed by atoms with Crippen molar-refractivity contribution in [3.63, 3.8) is 0 Å². The molecule has 0 radical (unpaired) electrons. The van der Waals surface area contributed by atoms with Crippen LogP contribution in [-0.4, -0.2) is 18.1 Å². The van der Waals surface area contributed by atoms with Crippen molar-refractivity contribution in [3.8, 4) is 5.75 Å². The Hall–Kier alpha value is -3.28. The van der Waals surface area contributed by atoms with Gasteiger partial charge < -0.3 is 21.1 Å². The average Bonchev–Trinajstić information content (AvgIpc) is 2.56. The van der Waals surface area contributed by atoms with E-state index in [2.05, 4.69) is 15.6 Å². The van der Waals surface area contributed by atoms with Gasteiger partial charge in [0.1, 0.15) is 5.75 Å². The molecule has 0 aliphatic carbocycles. The zero-order valence-corrected chi connectivity index (χ0v) is 13.5. The normalized spacial score (nSPS) is 10.4. The number of anilines is 3. The summed E-state index contributed by atoms with van der Waals surface area (Å²) in [6, 6.07) is 14.0. The number of nitrogens with zero attached hydrogens (tertiary/aromatic N) is 1. The third-order valence-corrected chi connectivity index (χ3v) is 3.57. The summed E-state index contributed by atoms with van der Waals surface area (Å²) in [6.45, 7) is 1.89. The standard InChI is InChI=1S/C18H18N4O2/c1-11-9-16(19)15-10-13(5-8-17(15)20-11)22-18(23)21-12-3-6-14(24-2)7-4-12/h3-10H,1-2H3,(H2,19,20)(H2,21,22,23). The predicted octanol–water partition coefficient (Wildman–Crippen LogP) is 3.78. The van der Waals surface area contributed by atoms with Gasteiger partial charge in [0, 0.05) is 28.1 Å². The van der Waals surface area contributed by atoms with Crippen molar-refractivity contribution in [3.05, 3.63) is 54.2 Å². The Kier molecular flexibility index (Phi) is 4.20. The average molecular weight is 322 g/mol. The summed E-state index contributed by atoms with van der Waals surface area (Å²) in [5.74, 6) is 0.730. The largest absolute Gasteiger partial charge is 0.497 e. The van der Waals surface area contributed by atoms with Gasteiger partial charge in [0.25, 0.3) is 0 Å². The smallest absolute Gasteiger partial charge is 0.323 e. The molecule has 0 spiro atoms. The van der Waals surface area contributed by atoms with Crippen LogP contribution in [0.5, 0.6) is 5.75 Å².